The minimum absolute atomic E-state index is 0.234. The van der Waals surface area contributed by atoms with Gasteiger partial charge in [0.15, 0.2) is 0 Å². The van der Waals surface area contributed by atoms with Crippen molar-refractivity contribution in [3.05, 3.63) is 103 Å². The maximum absolute atomic E-state index is 12.0. The van der Waals surface area contributed by atoms with Crippen molar-refractivity contribution < 1.29 is 9.90 Å². The maximum Gasteiger partial charge on any atom is 0.335 e. The van der Waals surface area contributed by atoms with E-state index in [0.29, 0.717) is 5.82 Å². The molecule has 4 nitrogen and oxygen atoms in total. The summed E-state index contributed by atoms with van der Waals surface area (Å²) >= 11 is 0. The lowest BCUT2D eigenvalue weighted by atomic mass is 9.90. The molecule has 0 aliphatic rings. The Labute approximate surface area is 194 Å². The first-order valence-electron chi connectivity index (χ1n) is 11.2. The third-order valence-corrected chi connectivity index (χ3v) is 6.64. The number of para-hydroxylation sites is 2. The zero-order chi connectivity index (χ0) is 22.8. The van der Waals surface area contributed by atoms with Gasteiger partial charge in [-0.3, -0.25) is 0 Å². The van der Waals surface area contributed by atoms with E-state index in [4.69, 9.17) is 0 Å². The molecule has 1 heterocycles. The van der Waals surface area contributed by atoms with Crippen molar-refractivity contribution in [2.24, 2.45) is 0 Å². The second-order valence-corrected chi connectivity index (χ2v) is 8.71. The van der Waals surface area contributed by atoms with Crippen molar-refractivity contribution >= 4 is 49.3 Å². The van der Waals surface area contributed by atoms with Crippen molar-refractivity contribution in [2.45, 2.75) is 0 Å². The number of aromatic nitrogens is 2. The van der Waals surface area contributed by atoms with Gasteiger partial charge in [0.1, 0.15) is 5.82 Å². The SMILES string of the molecule is O=C(O)c1cc(-c2cc3ccc4cccc5ccc(c2)c3c45)cc(-c2nc3ccccc3[nH]2)c1. The molecule has 0 fully saturated rings. The Morgan fingerprint density at radius 2 is 1.26 bits per heavy atom. The molecule has 0 bridgehead atoms. The molecule has 0 spiro atoms. The van der Waals surface area contributed by atoms with Gasteiger partial charge in [-0.2, -0.15) is 0 Å². The average Bonchev–Trinajstić information content (AvgIpc) is 3.31. The first kappa shape index (κ1) is 18.8. The molecule has 0 aliphatic carbocycles. The summed E-state index contributed by atoms with van der Waals surface area (Å²) in [6.07, 6.45) is 0. The lowest BCUT2D eigenvalue weighted by molar-refractivity contribution is 0.0697. The molecule has 34 heavy (non-hydrogen) atoms. The van der Waals surface area contributed by atoms with Crippen LogP contribution in [0.5, 0.6) is 0 Å². The van der Waals surface area contributed by atoms with E-state index in [1.165, 1.54) is 21.5 Å². The fourth-order valence-corrected chi connectivity index (χ4v) is 5.06. The summed E-state index contributed by atoms with van der Waals surface area (Å²) in [5.74, 6) is -0.305. The highest BCUT2D eigenvalue weighted by Gasteiger charge is 2.15. The molecule has 0 aliphatic heterocycles. The predicted octanol–water partition coefficient (Wildman–Crippen LogP) is 7.49. The summed E-state index contributed by atoms with van der Waals surface area (Å²) in [6.45, 7) is 0. The van der Waals surface area contributed by atoms with E-state index >= 15 is 0 Å². The van der Waals surface area contributed by atoms with Crippen molar-refractivity contribution in [3.8, 4) is 22.5 Å². The van der Waals surface area contributed by atoms with Gasteiger partial charge < -0.3 is 10.1 Å². The molecule has 0 saturated carbocycles. The molecule has 7 aromatic rings. The largest absolute Gasteiger partial charge is 0.478 e. The van der Waals surface area contributed by atoms with Crippen molar-refractivity contribution in [3.63, 3.8) is 0 Å². The Morgan fingerprint density at radius 3 is 1.97 bits per heavy atom. The molecule has 2 N–H and O–H groups in total. The van der Waals surface area contributed by atoms with Gasteiger partial charge in [-0.05, 0) is 85.9 Å². The molecule has 7 rings (SSSR count). The monoisotopic (exact) mass is 438 g/mol. The van der Waals surface area contributed by atoms with Crippen LogP contribution in [0.15, 0.2) is 97.1 Å². The fraction of sp³-hybridized carbons (Fsp3) is 0. The molecule has 160 valence electrons. The summed E-state index contributed by atoms with van der Waals surface area (Å²) < 4.78 is 0. The number of benzene rings is 6. The number of nitrogens with zero attached hydrogens (tertiary/aromatic N) is 1. The van der Waals surface area contributed by atoms with E-state index in [9.17, 15) is 9.90 Å². The Hall–Kier alpha value is -4.70. The highest BCUT2D eigenvalue weighted by atomic mass is 16.4. The highest BCUT2D eigenvalue weighted by molar-refractivity contribution is 6.23. The van der Waals surface area contributed by atoms with E-state index in [-0.39, 0.29) is 5.56 Å². The van der Waals surface area contributed by atoms with Crippen LogP contribution in [0.4, 0.5) is 0 Å². The number of rotatable bonds is 3. The van der Waals surface area contributed by atoms with Crippen LogP contribution < -0.4 is 0 Å². The third kappa shape index (κ3) is 2.79. The lowest BCUT2D eigenvalue weighted by Gasteiger charge is -2.13. The number of fused-ring (bicyclic) bond motifs is 1. The molecule has 0 radical (unpaired) electrons. The number of carboxylic acids is 1. The summed E-state index contributed by atoms with van der Waals surface area (Å²) in [6, 6.07) is 32.5. The molecular weight excluding hydrogens is 420 g/mol. The number of aromatic carboxylic acids is 1. The zero-order valence-corrected chi connectivity index (χ0v) is 18.0. The van der Waals surface area contributed by atoms with E-state index in [2.05, 4.69) is 64.6 Å². The van der Waals surface area contributed by atoms with Gasteiger partial charge in [-0.25, -0.2) is 9.78 Å². The first-order chi connectivity index (χ1) is 16.6. The molecule has 6 aromatic carbocycles. The number of carbonyl (C=O) groups is 1. The van der Waals surface area contributed by atoms with E-state index in [0.717, 1.165) is 38.5 Å². The molecular formula is C30H18N2O2. The Kier molecular flexibility index (Phi) is 3.82. The van der Waals surface area contributed by atoms with Crippen LogP contribution in [0, 0.1) is 0 Å². The molecule has 0 amide bonds. The number of carboxylic acid groups (broad SMARTS) is 1. The molecule has 4 heteroatoms. The van der Waals surface area contributed by atoms with Crippen LogP contribution in [-0.2, 0) is 0 Å². The summed E-state index contributed by atoms with van der Waals surface area (Å²) in [5.41, 5.74) is 4.58. The summed E-state index contributed by atoms with van der Waals surface area (Å²) in [5, 5.41) is 17.1. The van der Waals surface area contributed by atoms with Gasteiger partial charge in [0, 0.05) is 5.56 Å². The topological polar surface area (TPSA) is 66.0 Å². The van der Waals surface area contributed by atoms with Gasteiger partial charge >= 0.3 is 5.97 Å². The Morgan fingerprint density at radius 1 is 0.647 bits per heavy atom. The number of H-pyrrole nitrogens is 1. The Balaban J connectivity index is 1.47. The van der Waals surface area contributed by atoms with E-state index in [1.54, 1.807) is 12.1 Å². The Bertz CT molecular complexity index is 1800. The van der Waals surface area contributed by atoms with Crippen molar-refractivity contribution in [1.82, 2.24) is 9.97 Å². The van der Waals surface area contributed by atoms with Crippen LogP contribution >= 0.6 is 0 Å². The standard InChI is InChI=1S/C30H18N2O2/c33-30(34)24-15-22(14-23(16-24)29-31-25-6-1-2-7-26(25)32-29)21-12-19-10-8-17-4-3-5-18-9-11-20(13-21)28(19)27(17)18/h1-16H,(H,31,32)(H,33,34). The predicted molar refractivity (Wildman–Crippen MR) is 138 cm³/mol. The second-order valence-electron chi connectivity index (χ2n) is 8.71. The van der Waals surface area contributed by atoms with Gasteiger partial charge in [-0.15, -0.1) is 0 Å². The molecule has 1 aromatic heterocycles. The van der Waals surface area contributed by atoms with Gasteiger partial charge in [0.25, 0.3) is 0 Å². The third-order valence-electron chi connectivity index (χ3n) is 6.64. The average molecular weight is 438 g/mol. The van der Waals surface area contributed by atoms with Crippen LogP contribution in [0.1, 0.15) is 10.4 Å². The summed E-state index contributed by atoms with van der Waals surface area (Å²) in [4.78, 5) is 20.0. The zero-order valence-electron chi connectivity index (χ0n) is 18.0. The highest BCUT2D eigenvalue weighted by Crippen LogP contribution is 2.38. The lowest BCUT2D eigenvalue weighted by Crippen LogP contribution is -1.98. The fourth-order valence-electron chi connectivity index (χ4n) is 5.06. The number of hydrogen-bond donors (Lipinski definition) is 2. The van der Waals surface area contributed by atoms with E-state index < -0.39 is 5.97 Å². The number of aromatic amines is 1. The summed E-state index contributed by atoms with van der Waals surface area (Å²) in [7, 11) is 0. The van der Waals surface area contributed by atoms with E-state index in [1.807, 2.05) is 30.3 Å². The van der Waals surface area contributed by atoms with Crippen LogP contribution in [0.2, 0.25) is 0 Å². The number of imidazole rings is 1. The number of hydrogen-bond acceptors (Lipinski definition) is 2. The molecule has 0 unspecified atom stereocenters. The molecule has 0 saturated heterocycles. The first-order valence-corrected chi connectivity index (χ1v) is 11.2. The van der Waals surface area contributed by atoms with Crippen molar-refractivity contribution in [1.29, 1.82) is 0 Å². The van der Waals surface area contributed by atoms with Gasteiger partial charge in [0.05, 0.1) is 16.6 Å². The minimum Gasteiger partial charge on any atom is -0.478 e. The number of nitrogens with one attached hydrogen (secondary N) is 1. The maximum atomic E-state index is 12.0. The minimum atomic E-state index is -0.961. The van der Waals surface area contributed by atoms with Crippen molar-refractivity contribution in [2.75, 3.05) is 0 Å². The van der Waals surface area contributed by atoms with Crippen LogP contribution in [0.3, 0.4) is 0 Å². The van der Waals surface area contributed by atoms with Crippen LogP contribution in [-0.4, -0.2) is 21.0 Å². The van der Waals surface area contributed by atoms with Gasteiger partial charge in [-0.1, -0.05) is 54.6 Å². The smallest absolute Gasteiger partial charge is 0.335 e. The quantitative estimate of drug-likeness (QED) is 0.281. The van der Waals surface area contributed by atoms with Crippen LogP contribution in [0.25, 0.3) is 65.9 Å². The normalized spacial score (nSPS) is 11.8. The second kappa shape index (κ2) is 6.90. The van der Waals surface area contributed by atoms with Gasteiger partial charge in [0.2, 0.25) is 0 Å². The molecule has 0 atom stereocenters.